The molecule has 1 aliphatic heterocycles. The average Bonchev–Trinajstić information content (AvgIpc) is 2.72. The quantitative estimate of drug-likeness (QED) is 0.633. The molecule has 0 spiro atoms. The van der Waals surface area contributed by atoms with Gasteiger partial charge >= 0.3 is 0 Å². The van der Waals surface area contributed by atoms with Gasteiger partial charge in [0.1, 0.15) is 23.5 Å². The number of nitrogens with zero attached hydrogens (tertiary/aromatic N) is 4. The summed E-state index contributed by atoms with van der Waals surface area (Å²) in [4.78, 5) is 23.2. The van der Waals surface area contributed by atoms with Gasteiger partial charge < -0.3 is 9.64 Å². The molecular formula is C22H22FN5O2. The second kappa shape index (κ2) is 8.36. The fraction of sp³-hybridized carbons (Fsp3) is 0.227. The van der Waals surface area contributed by atoms with Crippen LogP contribution in [0, 0.1) is 12.7 Å². The van der Waals surface area contributed by atoms with E-state index in [4.69, 9.17) is 4.74 Å². The lowest BCUT2D eigenvalue weighted by atomic mass is 10.1. The molecule has 4 rings (SSSR count). The van der Waals surface area contributed by atoms with E-state index >= 15 is 0 Å². The highest BCUT2D eigenvalue weighted by Crippen LogP contribution is 2.25. The van der Waals surface area contributed by atoms with E-state index in [1.165, 1.54) is 17.1 Å². The molecule has 1 aliphatic rings. The minimum atomic E-state index is -0.271. The summed E-state index contributed by atoms with van der Waals surface area (Å²) < 4.78 is 19.2. The van der Waals surface area contributed by atoms with Crippen molar-refractivity contribution in [1.29, 1.82) is 0 Å². The van der Waals surface area contributed by atoms with Crippen LogP contribution in [0.2, 0.25) is 0 Å². The zero-order valence-electron chi connectivity index (χ0n) is 16.7. The molecule has 0 bridgehead atoms. The average molecular weight is 407 g/mol. The lowest BCUT2D eigenvalue weighted by Crippen LogP contribution is -2.54. The number of ether oxygens (including phenoxy) is 1. The van der Waals surface area contributed by atoms with Crippen LogP contribution in [0.25, 0.3) is 0 Å². The molecule has 3 aromatic rings. The Balaban J connectivity index is 1.34. The first-order valence-electron chi connectivity index (χ1n) is 9.60. The number of aromatic nitrogens is 2. The Hall–Kier alpha value is -3.68. The van der Waals surface area contributed by atoms with E-state index in [1.807, 2.05) is 31.2 Å². The maximum Gasteiger partial charge on any atom is 0.272 e. The van der Waals surface area contributed by atoms with Crippen molar-refractivity contribution in [2.24, 2.45) is 0 Å². The smallest absolute Gasteiger partial charge is 0.272 e. The van der Waals surface area contributed by atoms with Gasteiger partial charge in [-0.15, -0.1) is 0 Å². The lowest BCUT2D eigenvalue weighted by Gasteiger charge is -2.40. The largest absolute Gasteiger partial charge is 0.486 e. The van der Waals surface area contributed by atoms with Crippen molar-refractivity contribution >= 4 is 17.7 Å². The summed E-state index contributed by atoms with van der Waals surface area (Å²) in [5.41, 5.74) is 4.26. The molecule has 1 saturated heterocycles. The van der Waals surface area contributed by atoms with Crippen molar-refractivity contribution in [2.75, 3.05) is 30.5 Å². The van der Waals surface area contributed by atoms with Crippen molar-refractivity contribution in [2.45, 2.75) is 13.0 Å². The standard InChI is InChI=1S/C22H22FN5O2/c1-15-12-17(23)8-9-19(15)30-18-13-28(14-18)20-10-11-24-22(25-20)26-27(2)21(29)16-6-4-3-5-7-16/h3-12,18H,13-14H2,1-2H3,(H,24,25,26). The van der Waals surface area contributed by atoms with Crippen LogP contribution in [0.4, 0.5) is 16.2 Å². The summed E-state index contributed by atoms with van der Waals surface area (Å²) >= 11 is 0. The third-order valence-corrected chi connectivity index (χ3v) is 4.84. The monoisotopic (exact) mass is 407 g/mol. The van der Waals surface area contributed by atoms with Crippen LogP contribution in [-0.4, -0.2) is 47.1 Å². The van der Waals surface area contributed by atoms with Gasteiger partial charge in [0.25, 0.3) is 5.91 Å². The lowest BCUT2D eigenvalue weighted by molar-refractivity contribution is 0.0825. The molecule has 1 fully saturated rings. The number of amides is 1. The number of halogens is 1. The zero-order chi connectivity index (χ0) is 21.1. The predicted molar refractivity (Wildman–Crippen MR) is 112 cm³/mol. The Bertz CT molecular complexity index is 1040. The van der Waals surface area contributed by atoms with Gasteiger partial charge in [-0.2, -0.15) is 4.98 Å². The van der Waals surface area contributed by atoms with Crippen LogP contribution < -0.4 is 15.1 Å². The Labute approximate surface area is 174 Å². The Morgan fingerprint density at radius 1 is 1.20 bits per heavy atom. The minimum absolute atomic E-state index is 0.00266. The SMILES string of the molecule is Cc1cc(F)ccc1OC1CN(c2ccnc(NN(C)C(=O)c3ccccc3)n2)C1. The summed E-state index contributed by atoms with van der Waals surface area (Å²) in [6.07, 6.45) is 1.65. The number of carbonyl (C=O) groups is 1. The number of hydrogen-bond acceptors (Lipinski definition) is 6. The molecule has 1 aromatic heterocycles. The van der Waals surface area contributed by atoms with E-state index in [1.54, 1.807) is 31.4 Å². The van der Waals surface area contributed by atoms with E-state index < -0.39 is 0 Å². The number of hydrogen-bond donors (Lipinski definition) is 1. The molecule has 154 valence electrons. The Morgan fingerprint density at radius 2 is 1.97 bits per heavy atom. The number of carbonyl (C=O) groups excluding carboxylic acids is 1. The molecule has 0 atom stereocenters. The summed E-state index contributed by atoms with van der Waals surface area (Å²) in [6, 6.07) is 15.3. The first-order chi connectivity index (χ1) is 14.5. The predicted octanol–water partition coefficient (Wildman–Crippen LogP) is 3.29. The topological polar surface area (TPSA) is 70.6 Å². The normalized spacial score (nSPS) is 13.5. The number of nitrogens with one attached hydrogen (secondary N) is 1. The van der Waals surface area contributed by atoms with Crippen LogP contribution in [0.5, 0.6) is 5.75 Å². The second-order valence-electron chi connectivity index (χ2n) is 7.14. The van der Waals surface area contributed by atoms with Crippen molar-refractivity contribution < 1.29 is 13.9 Å². The first kappa shape index (κ1) is 19.6. The van der Waals surface area contributed by atoms with Gasteiger partial charge in [0.05, 0.1) is 13.1 Å². The van der Waals surface area contributed by atoms with Gasteiger partial charge in [0.15, 0.2) is 0 Å². The zero-order valence-corrected chi connectivity index (χ0v) is 16.7. The molecule has 0 unspecified atom stereocenters. The van der Waals surface area contributed by atoms with Crippen molar-refractivity contribution in [3.05, 3.63) is 77.7 Å². The molecule has 2 heterocycles. The van der Waals surface area contributed by atoms with Gasteiger partial charge in [-0.25, -0.2) is 9.37 Å². The maximum atomic E-state index is 13.2. The van der Waals surface area contributed by atoms with Crippen molar-refractivity contribution in [3.63, 3.8) is 0 Å². The fourth-order valence-electron chi connectivity index (χ4n) is 3.18. The molecule has 0 aliphatic carbocycles. The molecule has 7 nitrogen and oxygen atoms in total. The van der Waals surface area contributed by atoms with Gasteiger partial charge in [-0.05, 0) is 48.9 Å². The van der Waals surface area contributed by atoms with E-state index in [-0.39, 0.29) is 17.8 Å². The van der Waals surface area contributed by atoms with E-state index in [2.05, 4.69) is 20.3 Å². The third kappa shape index (κ3) is 4.32. The van der Waals surface area contributed by atoms with E-state index in [0.29, 0.717) is 30.4 Å². The summed E-state index contributed by atoms with van der Waals surface area (Å²) in [5.74, 6) is 1.30. The highest BCUT2D eigenvalue weighted by molar-refractivity contribution is 5.94. The highest BCUT2D eigenvalue weighted by atomic mass is 19.1. The number of benzene rings is 2. The molecule has 8 heteroatoms. The van der Waals surface area contributed by atoms with E-state index in [9.17, 15) is 9.18 Å². The van der Waals surface area contributed by atoms with Crippen LogP contribution in [0.15, 0.2) is 60.8 Å². The molecular weight excluding hydrogens is 385 g/mol. The number of aryl methyl sites for hydroxylation is 1. The molecule has 0 radical (unpaired) electrons. The fourth-order valence-corrected chi connectivity index (χ4v) is 3.18. The van der Waals surface area contributed by atoms with Crippen molar-refractivity contribution in [3.8, 4) is 5.75 Å². The van der Waals surface area contributed by atoms with Crippen LogP contribution in [0.1, 0.15) is 15.9 Å². The van der Waals surface area contributed by atoms with Gasteiger partial charge in [-0.3, -0.25) is 15.2 Å². The second-order valence-corrected chi connectivity index (χ2v) is 7.14. The molecule has 2 aromatic carbocycles. The summed E-state index contributed by atoms with van der Waals surface area (Å²) in [5, 5.41) is 1.35. The number of rotatable bonds is 6. The third-order valence-electron chi connectivity index (χ3n) is 4.84. The molecule has 1 amide bonds. The minimum Gasteiger partial charge on any atom is -0.486 e. The van der Waals surface area contributed by atoms with Gasteiger partial charge in [-0.1, -0.05) is 18.2 Å². The van der Waals surface area contributed by atoms with Gasteiger partial charge in [0, 0.05) is 18.8 Å². The Morgan fingerprint density at radius 3 is 2.70 bits per heavy atom. The Kier molecular flexibility index (Phi) is 5.47. The highest BCUT2D eigenvalue weighted by Gasteiger charge is 2.30. The summed E-state index contributed by atoms with van der Waals surface area (Å²) in [6.45, 7) is 3.14. The van der Waals surface area contributed by atoms with Gasteiger partial charge in [0.2, 0.25) is 5.95 Å². The molecule has 0 saturated carbocycles. The van der Waals surface area contributed by atoms with Crippen LogP contribution in [-0.2, 0) is 0 Å². The number of hydrazine groups is 1. The van der Waals surface area contributed by atoms with Crippen LogP contribution in [0.3, 0.4) is 0 Å². The van der Waals surface area contributed by atoms with Crippen LogP contribution >= 0.6 is 0 Å². The maximum absolute atomic E-state index is 13.2. The number of anilines is 2. The molecule has 30 heavy (non-hydrogen) atoms. The van der Waals surface area contributed by atoms with Crippen molar-refractivity contribution in [1.82, 2.24) is 15.0 Å². The molecule has 1 N–H and O–H groups in total. The summed E-state index contributed by atoms with van der Waals surface area (Å²) in [7, 11) is 1.63. The first-order valence-corrected chi connectivity index (χ1v) is 9.60. The van der Waals surface area contributed by atoms with E-state index in [0.717, 1.165) is 11.4 Å².